The second-order valence-electron chi connectivity index (χ2n) is 8.14. The van der Waals surface area contributed by atoms with E-state index in [4.69, 9.17) is 13.7 Å². The summed E-state index contributed by atoms with van der Waals surface area (Å²) < 4.78 is 38.2. The van der Waals surface area contributed by atoms with E-state index in [0.717, 1.165) is 6.26 Å². The molecule has 0 aromatic heterocycles. The van der Waals surface area contributed by atoms with Crippen molar-refractivity contribution in [1.82, 2.24) is 4.90 Å². The molecule has 172 valence electrons. The van der Waals surface area contributed by atoms with Crippen LogP contribution in [0.5, 0.6) is 0 Å². The average Bonchev–Trinajstić information content (AvgIpc) is 3.13. The lowest BCUT2D eigenvalue weighted by Crippen LogP contribution is -2.44. The quantitative estimate of drug-likeness (QED) is 0.306. The van der Waals surface area contributed by atoms with Gasteiger partial charge in [-0.3, -0.25) is 13.9 Å². The van der Waals surface area contributed by atoms with Crippen LogP contribution in [0.25, 0.3) is 0 Å². The van der Waals surface area contributed by atoms with Crippen molar-refractivity contribution in [2.45, 2.75) is 51.9 Å². The second kappa shape index (κ2) is 10.1. The molecule has 1 atom stereocenters. The summed E-state index contributed by atoms with van der Waals surface area (Å²) in [4.78, 5) is 38.6. The van der Waals surface area contributed by atoms with Gasteiger partial charge in [0, 0.05) is 16.6 Å². The Balaban J connectivity index is 1.99. The van der Waals surface area contributed by atoms with Crippen molar-refractivity contribution in [3.05, 3.63) is 33.8 Å². The third-order valence-corrected chi connectivity index (χ3v) is 5.61. The predicted octanol–water partition coefficient (Wildman–Crippen LogP) is 3.05. The summed E-state index contributed by atoms with van der Waals surface area (Å²) in [5.74, 6) is -1.14. The predicted molar refractivity (Wildman–Crippen MR) is 115 cm³/mol. The lowest BCUT2D eigenvalue weighted by molar-refractivity contribution is -0.147. The maximum atomic E-state index is 12.5. The van der Waals surface area contributed by atoms with E-state index in [2.05, 4.69) is 15.9 Å². The first kappa shape index (κ1) is 25.3. The fourth-order valence-electron chi connectivity index (χ4n) is 2.90. The van der Waals surface area contributed by atoms with Crippen LogP contribution in [-0.2, 0) is 35.2 Å². The zero-order valence-corrected chi connectivity index (χ0v) is 20.2. The molecule has 1 aliphatic heterocycles. The normalized spacial score (nSPS) is 16.8. The van der Waals surface area contributed by atoms with Crippen molar-refractivity contribution in [3.63, 3.8) is 0 Å². The SMILES string of the molecule is CC(C)(C)OC(=O)N1CCC[C@H]1C(=O)OCC(=O)c1ccc(Br)c(COS(C)(=O)=O)c1. The highest BCUT2D eigenvalue weighted by Gasteiger charge is 2.37. The van der Waals surface area contributed by atoms with Gasteiger partial charge in [-0.05, 0) is 51.3 Å². The molecule has 0 saturated carbocycles. The topological polar surface area (TPSA) is 116 Å². The maximum absolute atomic E-state index is 12.5. The molecule has 0 spiro atoms. The van der Waals surface area contributed by atoms with Crippen molar-refractivity contribution < 1.29 is 36.5 Å². The summed E-state index contributed by atoms with van der Waals surface area (Å²) >= 11 is 3.27. The van der Waals surface area contributed by atoms with Gasteiger partial charge in [0.05, 0.1) is 12.9 Å². The fourth-order valence-corrected chi connectivity index (χ4v) is 3.60. The number of amides is 1. The second-order valence-corrected chi connectivity index (χ2v) is 10.6. The molecule has 1 aromatic carbocycles. The summed E-state index contributed by atoms with van der Waals surface area (Å²) in [5, 5.41) is 0. The standard InChI is InChI=1S/C20H26BrNO8S/c1-20(2,3)30-19(25)22-9-5-6-16(22)18(24)28-12-17(23)13-7-8-15(21)14(10-13)11-29-31(4,26)27/h7-8,10,16H,5-6,9,11-12H2,1-4H3/t16-/m0/s1. The Bertz CT molecular complexity index is 954. The zero-order valence-electron chi connectivity index (χ0n) is 17.8. The van der Waals surface area contributed by atoms with Crippen LogP contribution in [0.2, 0.25) is 0 Å². The molecule has 31 heavy (non-hydrogen) atoms. The van der Waals surface area contributed by atoms with E-state index in [1.165, 1.54) is 17.0 Å². The van der Waals surface area contributed by atoms with Gasteiger partial charge in [0.2, 0.25) is 0 Å². The van der Waals surface area contributed by atoms with Crippen LogP contribution in [0, 0.1) is 0 Å². The van der Waals surface area contributed by atoms with Gasteiger partial charge >= 0.3 is 12.1 Å². The van der Waals surface area contributed by atoms with Gasteiger partial charge in [-0.2, -0.15) is 8.42 Å². The molecule has 1 fully saturated rings. The minimum atomic E-state index is -3.64. The summed E-state index contributed by atoms with van der Waals surface area (Å²) in [7, 11) is -3.64. The number of ether oxygens (including phenoxy) is 2. The minimum Gasteiger partial charge on any atom is -0.456 e. The van der Waals surface area contributed by atoms with Crippen molar-refractivity contribution >= 4 is 43.9 Å². The largest absolute Gasteiger partial charge is 0.456 e. The third-order valence-electron chi connectivity index (χ3n) is 4.29. The summed E-state index contributed by atoms with van der Waals surface area (Å²) in [6.45, 7) is 4.83. The van der Waals surface area contributed by atoms with Crippen molar-refractivity contribution in [2.75, 3.05) is 19.4 Å². The first-order valence-electron chi connectivity index (χ1n) is 9.59. The summed E-state index contributed by atoms with van der Waals surface area (Å²) in [6.07, 6.45) is 1.39. The fraction of sp³-hybridized carbons (Fsp3) is 0.550. The number of hydrogen-bond donors (Lipinski definition) is 0. The Morgan fingerprint density at radius 3 is 2.52 bits per heavy atom. The number of ketones is 1. The monoisotopic (exact) mass is 519 g/mol. The highest BCUT2D eigenvalue weighted by molar-refractivity contribution is 9.10. The lowest BCUT2D eigenvalue weighted by atomic mass is 10.1. The first-order chi connectivity index (χ1) is 14.3. The zero-order chi connectivity index (χ0) is 23.4. The van der Waals surface area contributed by atoms with Gasteiger partial charge in [-0.1, -0.05) is 22.0 Å². The molecular formula is C20H26BrNO8S. The number of Topliss-reactive ketones (excluding diaryl/α,β-unsaturated/α-hetero) is 1. The van der Waals surface area contributed by atoms with Gasteiger partial charge in [0.15, 0.2) is 12.4 Å². The Labute approximate surface area is 190 Å². The molecule has 0 unspecified atom stereocenters. The van der Waals surface area contributed by atoms with E-state index in [0.29, 0.717) is 29.4 Å². The Morgan fingerprint density at radius 1 is 1.23 bits per heavy atom. The molecule has 2 rings (SSSR count). The molecule has 1 saturated heterocycles. The van der Waals surface area contributed by atoms with E-state index in [-0.39, 0.29) is 12.2 Å². The number of carbonyl (C=O) groups excluding carboxylic acids is 3. The number of esters is 1. The highest BCUT2D eigenvalue weighted by Crippen LogP contribution is 2.23. The van der Waals surface area contributed by atoms with E-state index in [1.54, 1.807) is 26.8 Å². The third kappa shape index (κ3) is 7.89. The van der Waals surface area contributed by atoms with Crippen LogP contribution in [0.1, 0.15) is 49.5 Å². The van der Waals surface area contributed by atoms with Gasteiger partial charge in [0.1, 0.15) is 11.6 Å². The first-order valence-corrected chi connectivity index (χ1v) is 12.2. The summed E-state index contributed by atoms with van der Waals surface area (Å²) in [6, 6.07) is 3.77. The van der Waals surface area contributed by atoms with E-state index in [9.17, 15) is 22.8 Å². The van der Waals surface area contributed by atoms with Gasteiger partial charge < -0.3 is 9.47 Å². The van der Waals surface area contributed by atoms with Crippen LogP contribution in [0.15, 0.2) is 22.7 Å². The molecule has 0 N–H and O–H groups in total. The van der Waals surface area contributed by atoms with Gasteiger partial charge in [0.25, 0.3) is 10.1 Å². The minimum absolute atomic E-state index is 0.235. The van der Waals surface area contributed by atoms with Crippen molar-refractivity contribution in [1.29, 1.82) is 0 Å². The maximum Gasteiger partial charge on any atom is 0.411 e. The van der Waals surface area contributed by atoms with E-state index >= 15 is 0 Å². The number of hydrogen-bond acceptors (Lipinski definition) is 8. The van der Waals surface area contributed by atoms with Crippen LogP contribution in [0.3, 0.4) is 0 Å². The molecule has 1 aromatic rings. The number of nitrogens with zero attached hydrogens (tertiary/aromatic N) is 1. The average molecular weight is 520 g/mol. The Hall–Kier alpha value is -1.98. The Morgan fingerprint density at radius 2 is 1.90 bits per heavy atom. The molecule has 1 aliphatic rings. The smallest absolute Gasteiger partial charge is 0.411 e. The molecule has 1 amide bonds. The highest BCUT2D eigenvalue weighted by atomic mass is 79.9. The van der Waals surface area contributed by atoms with Crippen LogP contribution in [0.4, 0.5) is 4.79 Å². The lowest BCUT2D eigenvalue weighted by Gasteiger charge is -2.27. The molecule has 0 aliphatic carbocycles. The molecule has 1 heterocycles. The molecule has 9 nitrogen and oxygen atoms in total. The Kier molecular flexibility index (Phi) is 8.23. The molecule has 11 heteroatoms. The molecule has 0 radical (unpaired) electrons. The van der Waals surface area contributed by atoms with Gasteiger partial charge in [-0.15, -0.1) is 0 Å². The molecular weight excluding hydrogens is 494 g/mol. The van der Waals surface area contributed by atoms with Crippen molar-refractivity contribution in [3.8, 4) is 0 Å². The number of benzene rings is 1. The van der Waals surface area contributed by atoms with Crippen molar-refractivity contribution in [2.24, 2.45) is 0 Å². The number of likely N-dealkylation sites (tertiary alicyclic amines) is 1. The van der Waals surface area contributed by atoms with E-state index in [1.807, 2.05) is 0 Å². The number of rotatable bonds is 7. The number of carbonyl (C=O) groups is 3. The van der Waals surface area contributed by atoms with Crippen LogP contribution < -0.4 is 0 Å². The molecule has 0 bridgehead atoms. The van der Waals surface area contributed by atoms with Gasteiger partial charge in [-0.25, -0.2) is 9.59 Å². The summed E-state index contributed by atoms with van der Waals surface area (Å²) in [5.41, 5.74) is -0.00229. The number of halogens is 1. The van der Waals surface area contributed by atoms with Crippen LogP contribution >= 0.6 is 15.9 Å². The van der Waals surface area contributed by atoms with Crippen LogP contribution in [-0.4, -0.2) is 62.2 Å². The van der Waals surface area contributed by atoms with E-state index < -0.39 is 46.2 Å².